The minimum absolute atomic E-state index is 0.287. The smallest absolute Gasteiger partial charge is 0.163 e. The topological polar surface area (TPSA) is 17.1 Å². The van der Waals surface area contributed by atoms with E-state index in [-0.39, 0.29) is 5.92 Å². The first-order valence-electron chi connectivity index (χ1n) is 10.7. The standard InChI is InChI=1S/C26H32O/c1-19-15-22-18-21(11-14-26(2)12-7-4-8-13-26)23(25(22)24(27)16-19)17-20-9-5-3-6-10-20/h3,5-6,9-10,18,23H,1,4,7-8,11-17H2,2H3. The Morgan fingerprint density at radius 1 is 1.07 bits per heavy atom. The van der Waals surface area contributed by atoms with Gasteiger partial charge in [0.15, 0.2) is 5.78 Å². The summed E-state index contributed by atoms with van der Waals surface area (Å²) in [7, 11) is 0. The van der Waals surface area contributed by atoms with Crippen LogP contribution in [0.3, 0.4) is 0 Å². The summed E-state index contributed by atoms with van der Waals surface area (Å²) >= 11 is 0. The van der Waals surface area contributed by atoms with Crippen molar-refractivity contribution in [3.05, 3.63) is 70.8 Å². The summed E-state index contributed by atoms with van der Waals surface area (Å²) in [6.45, 7) is 6.59. The van der Waals surface area contributed by atoms with Gasteiger partial charge in [-0.05, 0) is 55.1 Å². The molecule has 3 aliphatic rings. The maximum atomic E-state index is 12.8. The summed E-state index contributed by atoms with van der Waals surface area (Å²) in [6, 6.07) is 10.7. The van der Waals surface area contributed by atoms with Gasteiger partial charge in [-0.3, -0.25) is 4.79 Å². The highest BCUT2D eigenvalue weighted by atomic mass is 16.1. The van der Waals surface area contributed by atoms with Crippen molar-refractivity contribution in [1.82, 2.24) is 0 Å². The van der Waals surface area contributed by atoms with E-state index >= 15 is 0 Å². The fourth-order valence-corrected chi connectivity index (χ4v) is 5.42. The lowest BCUT2D eigenvalue weighted by molar-refractivity contribution is -0.115. The minimum atomic E-state index is 0.287. The van der Waals surface area contributed by atoms with Crippen LogP contribution in [-0.4, -0.2) is 5.78 Å². The van der Waals surface area contributed by atoms with Gasteiger partial charge in [-0.25, -0.2) is 0 Å². The molecule has 1 nitrogen and oxygen atoms in total. The van der Waals surface area contributed by atoms with Crippen LogP contribution >= 0.6 is 0 Å². The molecule has 27 heavy (non-hydrogen) atoms. The van der Waals surface area contributed by atoms with Gasteiger partial charge in [-0.1, -0.05) is 80.3 Å². The molecule has 1 fully saturated rings. The largest absolute Gasteiger partial charge is 0.294 e. The number of hydrogen-bond donors (Lipinski definition) is 0. The highest BCUT2D eigenvalue weighted by molar-refractivity contribution is 6.01. The van der Waals surface area contributed by atoms with Crippen molar-refractivity contribution in [3.8, 4) is 0 Å². The Kier molecular flexibility index (Phi) is 5.21. The van der Waals surface area contributed by atoms with Gasteiger partial charge in [0.05, 0.1) is 0 Å². The number of rotatable bonds is 5. The molecule has 3 aliphatic carbocycles. The Morgan fingerprint density at radius 3 is 2.56 bits per heavy atom. The van der Waals surface area contributed by atoms with Crippen molar-refractivity contribution in [2.45, 2.75) is 71.1 Å². The Morgan fingerprint density at radius 2 is 1.81 bits per heavy atom. The van der Waals surface area contributed by atoms with Gasteiger partial charge in [-0.15, -0.1) is 0 Å². The lowest BCUT2D eigenvalue weighted by atomic mass is 9.71. The molecule has 0 bridgehead atoms. The lowest BCUT2D eigenvalue weighted by Crippen LogP contribution is -2.22. The van der Waals surface area contributed by atoms with Gasteiger partial charge in [0, 0.05) is 17.9 Å². The van der Waals surface area contributed by atoms with E-state index in [9.17, 15) is 4.79 Å². The minimum Gasteiger partial charge on any atom is -0.294 e. The van der Waals surface area contributed by atoms with E-state index in [4.69, 9.17) is 0 Å². The summed E-state index contributed by atoms with van der Waals surface area (Å²) in [5.74, 6) is 0.604. The molecule has 1 saturated carbocycles. The molecule has 1 aromatic carbocycles. The third kappa shape index (κ3) is 4.03. The zero-order chi connectivity index (χ0) is 18.9. The van der Waals surface area contributed by atoms with Crippen molar-refractivity contribution in [1.29, 1.82) is 0 Å². The van der Waals surface area contributed by atoms with Crippen molar-refractivity contribution >= 4 is 5.78 Å². The monoisotopic (exact) mass is 360 g/mol. The molecular weight excluding hydrogens is 328 g/mol. The van der Waals surface area contributed by atoms with Crippen LogP contribution in [0.1, 0.15) is 70.3 Å². The maximum absolute atomic E-state index is 12.8. The molecule has 0 radical (unpaired) electrons. The second kappa shape index (κ2) is 7.62. The number of ketones is 1. The van der Waals surface area contributed by atoms with E-state index in [1.54, 1.807) is 0 Å². The SMILES string of the molecule is C=C1CC(=O)C2=C(C=C(CCC3(C)CCCCC3)C2Cc2ccccc2)C1. The summed E-state index contributed by atoms with van der Waals surface area (Å²) in [4.78, 5) is 12.8. The van der Waals surface area contributed by atoms with E-state index in [1.165, 1.54) is 55.2 Å². The molecule has 0 aliphatic heterocycles. The Hall–Kier alpha value is -1.89. The average Bonchev–Trinajstić information content (AvgIpc) is 2.99. The highest BCUT2D eigenvalue weighted by Crippen LogP contribution is 2.46. The van der Waals surface area contributed by atoms with Gasteiger partial charge in [0.2, 0.25) is 0 Å². The second-order valence-electron chi connectivity index (χ2n) is 9.30. The second-order valence-corrected chi connectivity index (χ2v) is 9.30. The van der Waals surface area contributed by atoms with Crippen LogP contribution < -0.4 is 0 Å². The van der Waals surface area contributed by atoms with Crippen molar-refractivity contribution in [2.24, 2.45) is 11.3 Å². The summed E-state index contributed by atoms with van der Waals surface area (Å²) < 4.78 is 0. The van der Waals surface area contributed by atoms with Crippen LogP contribution in [0.5, 0.6) is 0 Å². The van der Waals surface area contributed by atoms with Crippen LogP contribution in [-0.2, 0) is 11.2 Å². The van der Waals surface area contributed by atoms with Gasteiger partial charge < -0.3 is 0 Å². The number of benzene rings is 1. The van der Waals surface area contributed by atoms with Crippen LogP contribution in [0.25, 0.3) is 0 Å². The van der Waals surface area contributed by atoms with Gasteiger partial charge in [-0.2, -0.15) is 0 Å². The number of allylic oxidation sites excluding steroid dienone is 5. The van der Waals surface area contributed by atoms with Gasteiger partial charge >= 0.3 is 0 Å². The van der Waals surface area contributed by atoms with E-state index in [2.05, 4.69) is 49.9 Å². The molecule has 0 saturated heterocycles. The van der Waals surface area contributed by atoms with Crippen molar-refractivity contribution in [3.63, 3.8) is 0 Å². The third-order valence-electron chi connectivity index (χ3n) is 7.01. The van der Waals surface area contributed by atoms with Crippen molar-refractivity contribution in [2.75, 3.05) is 0 Å². The van der Waals surface area contributed by atoms with Crippen LogP contribution in [0, 0.1) is 11.3 Å². The summed E-state index contributed by atoms with van der Waals surface area (Å²) in [6.07, 6.45) is 14.1. The van der Waals surface area contributed by atoms with Crippen LogP contribution in [0.4, 0.5) is 0 Å². The molecule has 0 heterocycles. The number of carbonyl (C=O) groups excluding carboxylic acids is 1. The van der Waals surface area contributed by atoms with E-state index < -0.39 is 0 Å². The summed E-state index contributed by atoms with van der Waals surface area (Å²) in [5, 5.41) is 0. The maximum Gasteiger partial charge on any atom is 0.163 e. The molecule has 1 unspecified atom stereocenters. The lowest BCUT2D eigenvalue weighted by Gasteiger charge is -2.34. The average molecular weight is 361 g/mol. The van der Waals surface area contributed by atoms with Gasteiger partial charge in [0.1, 0.15) is 0 Å². The molecule has 4 rings (SSSR count). The predicted octanol–water partition coefficient (Wildman–Crippen LogP) is 6.75. The van der Waals surface area contributed by atoms with E-state index in [1.807, 2.05) is 0 Å². The van der Waals surface area contributed by atoms with E-state index in [0.29, 0.717) is 17.6 Å². The van der Waals surface area contributed by atoms with Crippen LogP contribution in [0.15, 0.2) is 65.3 Å². The predicted molar refractivity (Wildman–Crippen MR) is 113 cm³/mol. The number of hydrogen-bond acceptors (Lipinski definition) is 1. The Balaban J connectivity index is 1.56. The fourth-order valence-electron chi connectivity index (χ4n) is 5.42. The molecule has 0 amide bonds. The van der Waals surface area contributed by atoms with Crippen molar-refractivity contribution < 1.29 is 4.79 Å². The quantitative estimate of drug-likeness (QED) is 0.531. The molecule has 0 aromatic heterocycles. The first-order chi connectivity index (χ1) is 13.0. The number of carbonyl (C=O) groups is 1. The van der Waals surface area contributed by atoms with Crippen LogP contribution in [0.2, 0.25) is 0 Å². The third-order valence-corrected chi connectivity index (χ3v) is 7.01. The molecule has 1 aromatic rings. The molecule has 1 heteroatoms. The van der Waals surface area contributed by atoms with E-state index in [0.717, 1.165) is 30.4 Å². The zero-order valence-electron chi connectivity index (χ0n) is 16.7. The summed E-state index contributed by atoms with van der Waals surface area (Å²) in [5.41, 5.74) is 6.78. The zero-order valence-corrected chi connectivity index (χ0v) is 16.7. The highest BCUT2D eigenvalue weighted by Gasteiger charge is 2.36. The molecule has 0 N–H and O–H groups in total. The van der Waals surface area contributed by atoms with Gasteiger partial charge in [0.25, 0.3) is 0 Å². The molecular formula is C26H32O. The molecule has 0 spiro atoms. The fraction of sp³-hybridized carbons (Fsp3) is 0.500. The molecule has 142 valence electrons. The Bertz CT molecular complexity index is 787. The first-order valence-corrected chi connectivity index (χ1v) is 10.7. The number of Topliss-reactive ketones (excluding diaryl/α,β-unsaturated/α-hetero) is 1. The molecule has 1 atom stereocenters. The normalized spacial score (nSPS) is 24.8. The Labute approximate surface area is 164 Å². The first kappa shape index (κ1) is 18.5.